The number of methoxy groups -OCH3 is 1. The summed E-state index contributed by atoms with van der Waals surface area (Å²) in [4.78, 5) is 23.4. The van der Waals surface area contributed by atoms with Crippen molar-refractivity contribution in [3.05, 3.63) is 11.6 Å². The average molecular weight is 294 g/mol. The Bertz CT molecular complexity index is 539. The first-order valence-electron chi connectivity index (χ1n) is 7.45. The molecule has 4 atom stereocenters. The van der Waals surface area contributed by atoms with E-state index in [1.807, 2.05) is 0 Å². The van der Waals surface area contributed by atoms with Gasteiger partial charge in [0.1, 0.15) is 0 Å². The largest absolute Gasteiger partial charge is 0.478 e. The van der Waals surface area contributed by atoms with Crippen LogP contribution in [0.4, 0.5) is 0 Å². The summed E-state index contributed by atoms with van der Waals surface area (Å²) in [5, 5.41) is 20.0. The minimum absolute atomic E-state index is 0.254. The van der Waals surface area contributed by atoms with Crippen LogP contribution in [0.2, 0.25) is 0 Å². The molecule has 4 aliphatic carbocycles. The van der Waals surface area contributed by atoms with Crippen molar-refractivity contribution in [1.29, 1.82) is 0 Å². The van der Waals surface area contributed by atoms with Crippen LogP contribution in [0.25, 0.3) is 0 Å². The summed E-state index contributed by atoms with van der Waals surface area (Å²) in [7, 11) is 1.38. The van der Waals surface area contributed by atoms with E-state index in [2.05, 4.69) is 0 Å². The van der Waals surface area contributed by atoms with Gasteiger partial charge < -0.3 is 14.9 Å². The van der Waals surface area contributed by atoms with Crippen LogP contribution in [0.3, 0.4) is 0 Å². The predicted octanol–water partition coefficient (Wildman–Crippen LogP) is 1.89. The first-order valence-corrected chi connectivity index (χ1v) is 7.45. The van der Waals surface area contributed by atoms with E-state index >= 15 is 0 Å². The maximum Gasteiger partial charge on any atom is 0.330 e. The summed E-state index contributed by atoms with van der Waals surface area (Å²) in [6.07, 6.45) is 5.71. The lowest BCUT2D eigenvalue weighted by atomic mass is 9.42. The second-order valence-corrected chi connectivity index (χ2v) is 7.50. The second-order valence-electron chi connectivity index (χ2n) is 7.50. The summed E-state index contributed by atoms with van der Waals surface area (Å²) >= 11 is 0. The third-order valence-electron chi connectivity index (χ3n) is 5.56. The number of hydrogen-bond donors (Lipinski definition) is 2. The minimum atomic E-state index is -0.940. The molecular weight excluding hydrogens is 272 g/mol. The molecule has 5 nitrogen and oxygen atoms in total. The number of hydrogen-bond acceptors (Lipinski definition) is 4. The molecule has 5 heteroatoms. The van der Waals surface area contributed by atoms with Crippen LogP contribution in [-0.2, 0) is 14.3 Å². The number of carbonyl (C=O) groups is 2. The fourth-order valence-corrected chi connectivity index (χ4v) is 5.59. The molecule has 4 fully saturated rings. The smallest absolute Gasteiger partial charge is 0.330 e. The summed E-state index contributed by atoms with van der Waals surface area (Å²) in [5.41, 5.74) is -1.59. The maximum atomic E-state index is 12.3. The molecule has 4 rings (SSSR count). The van der Waals surface area contributed by atoms with Crippen molar-refractivity contribution >= 4 is 11.9 Å². The van der Waals surface area contributed by atoms with Gasteiger partial charge in [-0.05, 0) is 56.8 Å². The number of carboxylic acids is 1. The molecule has 0 saturated heterocycles. The Labute approximate surface area is 124 Å². The molecule has 0 radical (unpaired) electrons. The van der Waals surface area contributed by atoms with Gasteiger partial charge in [0.05, 0.1) is 18.1 Å². The topological polar surface area (TPSA) is 83.8 Å². The zero-order valence-corrected chi connectivity index (χ0v) is 12.5. The lowest BCUT2D eigenvalue weighted by Gasteiger charge is -2.63. The van der Waals surface area contributed by atoms with Crippen molar-refractivity contribution in [3.63, 3.8) is 0 Å². The van der Waals surface area contributed by atoms with Crippen molar-refractivity contribution in [2.75, 3.05) is 7.11 Å². The number of ether oxygens (including phenoxy) is 1. The van der Waals surface area contributed by atoms with Crippen LogP contribution in [0.15, 0.2) is 11.6 Å². The molecule has 4 unspecified atom stereocenters. The van der Waals surface area contributed by atoms with E-state index in [0.717, 1.165) is 12.8 Å². The van der Waals surface area contributed by atoms with Crippen LogP contribution in [0.1, 0.15) is 45.4 Å². The standard InChI is InChI=1S/C16H22O5/c1-10(12(17)18)3-14-4-11-5-15(7-14,13(19)21-2)9-16(20,6-11)8-14/h3,11,20H,4-9H2,1-2H3,(H,17,18). The average Bonchev–Trinajstić information content (AvgIpc) is 2.33. The molecule has 0 heterocycles. The number of carbonyl (C=O) groups excluding carboxylic acids is 1. The molecule has 116 valence electrons. The Balaban J connectivity index is 2.03. The SMILES string of the molecule is COC(=O)C12CC3CC(O)(CC(C=C(C)C(=O)O)(C3)C1)C2. The van der Waals surface area contributed by atoms with Crippen molar-refractivity contribution in [2.24, 2.45) is 16.7 Å². The predicted molar refractivity (Wildman–Crippen MR) is 74.4 cm³/mol. The second kappa shape index (κ2) is 4.32. The molecule has 0 aromatic carbocycles. The fourth-order valence-electron chi connectivity index (χ4n) is 5.59. The zero-order valence-electron chi connectivity index (χ0n) is 12.5. The van der Waals surface area contributed by atoms with Crippen molar-refractivity contribution in [3.8, 4) is 0 Å². The molecule has 0 aliphatic heterocycles. The zero-order chi connectivity index (χ0) is 15.5. The third-order valence-corrected chi connectivity index (χ3v) is 5.56. The van der Waals surface area contributed by atoms with Crippen LogP contribution >= 0.6 is 0 Å². The molecule has 4 aliphatic rings. The Hall–Kier alpha value is -1.36. The van der Waals surface area contributed by atoms with Gasteiger partial charge in [-0.2, -0.15) is 0 Å². The van der Waals surface area contributed by atoms with Crippen LogP contribution < -0.4 is 0 Å². The van der Waals surface area contributed by atoms with Gasteiger partial charge in [0.25, 0.3) is 0 Å². The molecule has 0 spiro atoms. The number of carboxylic acid groups (broad SMARTS) is 1. The molecule has 4 bridgehead atoms. The maximum absolute atomic E-state index is 12.3. The van der Waals surface area contributed by atoms with Gasteiger partial charge in [0, 0.05) is 5.57 Å². The van der Waals surface area contributed by atoms with Crippen molar-refractivity contribution in [2.45, 2.75) is 51.0 Å². The van der Waals surface area contributed by atoms with Crippen LogP contribution in [-0.4, -0.2) is 34.9 Å². The summed E-state index contributed by atoms with van der Waals surface area (Å²) in [6, 6.07) is 0. The van der Waals surface area contributed by atoms with Crippen molar-refractivity contribution < 1.29 is 24.5 Å². The van der Waals surface area contributed by atoms with E-state index in [4.69, 9.17) is 9.84 Å². The molecule has 21 heavy (non-hydrogen) atoms. The third kappa shape index (κ3) is 2.18. The Morgan fingerprint density at radius 1 is 1.19 bits per heavy atom. The van der Waals surface area contributed by atoms with Crippen LogP contribution in [0, 0.1) is 16.7 Å². The Kier molecular flexibility index (Phi) is 3.00. The van der Waals surface area contributed by atoms with Crippen molar-refractivity contribution in [1.82, 2.24) is 0 Å². The number of esters is 1. The molecule has 0 aromatic rings. The Morgan fingerprint density at radius 2 is 1.90 bits per heavy atom. The molecule has 4 saturated carbocycles. The van der Waals surface area contributed by atoms with Gasteiger partial charge >= 0.3 is 11.9 Å². The first kappa shape index (κ1) is 14.6. The highest BCUT2D eigenvalue weighted by molar-refractivity contribution is 5.86. The summed E-state index contributed by atoms with van der Waals surface area (Å²) < 4.78 is 4.99. The van der Waals surface area contributed by atoms with E-state index in [9.17, 15) is 14.7 Å². The van der Waals surface area contributed by atoms with Gasteiger partial charge in [-0.1, -0.05) is 6.08 Å². The van der Waals surface area contributed by atoms with E-state index in [-0.39, 0.29) is 17.3 Å². The van der Waals surface area contributed by atoms with Crippen LogP contribution in [0.5, 0.6) is 0 Å². The minimum Gasteiger partial charge on any atom is -0.478 e. The van der Waals surface area contributed by atoms with Gasteiger partial charge in [-0.15, -0.1) is 0 Å². The van der Waals surface area contributed by atoms with E-state index < -0.39 is 17.0 Å². The quantitative estimate of drug-likeness (QED) is 0.613. The highest BCUT2D eigenvalue weighted by Crippen LogP contribution is 2.67. The fraction of sp³-hybridized carbons (Fsp3) is 0.750. The van der Waals surface area contributed by atoms with Gasteiger partial charge in [0.2, 0.25) is 0 Å². The highest BCUT2D eigenvalue weighted by atomic mass is 16.5. The lowest BCUT2D eigenvalue weighted by Crippen LogP contribution is -2.62. The van der Waals surface area contributed by atoms with E-state index in [0.29, 0.717) is 31.3 Å². The van der Waals surface area contributed by atoms with Gasteiger partial charge in [0.15, 0.2) is 0 Å². The van der Waals surface area contributed by atoms with E-state index in [1.54, 1.807) is 13.0 Å². The molecule has 0 aromatic heterocycles. The number of rotatable bonds is 3. The highest BCUT2D eigenvalue weighted by Gasteiger charge is 2.65. The van der Waals surface area contributed by atoms with Gasteiger partial charge in [-0.25, -0.2) is 4.79 Å². The van der Waals surface area contributed by atoms with E-state index in [1.165, 1.54) is 7.11 Å². The monoisotopic (exact) mass is 294 g/mol. The number of aliphatic carboxylic acids is 1. The summed E-state index contributed by atoms with van der Waals surface area (Å²) in [6.45, 7) is 1.58. The Morgan fingerprint density at radius 3 is 2.48 bits per heavy atom. The molecular formula is C16H22O5. The molecule has 2 N–H and O–H groups in total. The number of aliphatic hydroxyl groups is 1. The number of allylic oxidation sites excluding steroid dienone is 1. The normalized spacial score (nSPS) is 44.7. The van der Waals surface area contributed by atoms with Gasteiger partial charge in [-0.3, -0.25) is 4.79 Å². The lowest BCUT2D eigenvalue weighted by molar-refractivity contribution is -0.206. The summed E-state index contributed by atoms with van der Waals surface area (Å²) in [5.74, 6) is -0.927. The molecule has 0 amide bonds. The first-order chi connectivity index (χ1) is 9.72.